The van der Waals surface area contributed by atoms with Crippen LogP contribution in [0.2, 0.25) is 0 Å². The van der Waals surface area contributed by atoms with E-state index in [0.717, 1.165) is 0 Å². The normalized spacial score (nSPS) is 9.00. The van der Waals surface area contributed by atoms with Crippen LogP contribution in [0.3, 0.4) is 0 Å². The van der Waals surface area contributed by atoms with Crippen molar-refractivity contribution in [3.63, 3.8) is 0 Å². The molecule has 12 heavy (non-hydrogen) atoms. The Hall–Kier alpha value is -2.03. The SMILES string of the molecule is Cn1cc(C#N)c(NC(N)=O)n1. The predicted molar refractivity (Wildman–Crippen MR) is 41.1 cm³/mol. The minimum absolute atomic E-state index is 0.188. The van der Waals surface area contributed by atoms with Gasteiger partial charge in [-0.1, -0.05) is 0 Å². The zero-order valence-corrected chi connectivity index (χ0v) is 6.40. The van der Waals surface area contributed by atoms with Crippen molar-refractivity contribution >= 4 is 11.8 Å². The number of primary amides is 1. The summed E-state index contributed by atoms with van der Waals surface area (Å²) in [5.74, 6) is 0.188. The van der Waals surface area contributed by atoms with Gasteiger partial charge in [0, 0.05) is 13.2 Å². The number of nitrogens with two attached hydrogens (primary N) is 1. The number of hydrogen-bond donors (Lipinski definition) is 2. The lowest BCUT2D eigenvalue weighted by Crippen LogP contribution is -2.20. The van der Waals surface area contributed by atoms with Crippen molar-refractivity contribution in [3.05, 3.63) is 11.8 Å². The molecule has 1 heterocycles. The Balaban J connectivity index is 2.99. The third-order valence-electron chi connectivity index (χ3n) is 1.19. The molecule has 6 nitrogen and oxygen atoms in total. The van der Waals surface area contributed by atoms with E-state index in [1.807, 2.05) is 6.07 Å². The molecular formula is C6H7N5O. The number of rotatable bonds is 1. The first-order valence-corrected chi connectivity index (χ1v) is 3.13. The second-order valence-electron chi connectivity index (χ2n) is 2.17. The summed E-state index contributed by atoms with van der Waals surface area (Å²) in [7, 11) is 1.65. The van der Waals surface area contributed by atoms with Crippen LogP contribution in [-0.4, -0.2) is 15.8 Å². The van der Waals surface area contributed by atoms with Gasteiger partial charge in [-0.05, 0) is 0 Å². The smallest absolute Gasteiger partial charge is 0.317 e. The van der Waals surface area contributed by atoms with Crippen molar-refractivity contribution in [1.82, 2.24) is 9.78 Å². The molecule has 3 N–H and O–H groups in total. The quantitative estimate of drug-likeness (QED) is 0.602. The number of carbonyl (C=O) groups excluding carboxylic acids is 1. The Kier molecular flexibility index (Phi) is 1.96. The van der Waals surface area contributed by atoms with Crippen molar-refractivity contribution in [2.24, 2.45) is 12.8 Å². The summed E-state index contributed by atoms with van der Waals surface area (Å²) < 4.78 is 1.42. The molecule has 0 saturated heterocycles. The fourth-order valence-electron chi connectivity index (χ4n) is 0.779. The molecule has 0 fully saturated rings. The highest BCUT2D eigenvalue weighted by atomic mass is 16.2. The summed E-state index contributed by atoms with van der Waals surface area (Å²) in [6.07, 6.45) is 1.49. The molecule has 1 aromatic rings. The van der Waals surface area contributed by atoms with Crippen LogP contribution in [0, 0.1) is 11.3 Å². The van der Waals surface area contributed by atoms with Crippen LogP contribution in [0.15, 0.2) is 6.20 Å². The van der Waals surface area contributed by atoms with Gasteiger partial charge in [-0.25, -0.2) is 4.79 Å². The Morgan fingerprint density at radius 2 is 2.58 bits per heavy atom. The monoisotopic (exact) mass is 165 g/mol. The molecule has 6 heteroatoms. The molecule has 0 spiro atoms. The number of anilines is 1. The van der Waals surface area contributed by atoms with E-state index in [1.165, 1.54) is 10.9 Å². The van der Waals surface area contributed by atoms with E-state index >= 15 is 0 Å². The van der Waals surface area contributed by atoms with Crippen molar-refractivity contribution < 1.29 is 4.79 Å². The van der Waals surface area contributed by atoms with Gasteiger partial charge in [-0.3, -0.25) is 10.00 Å². The van der Waals surface area contributed by atoms with Crippen molar-refractivity contribution in [2.75, 3.05) is 5.32 Å². The highest BCUT2D eigenvalue weighted by Crippen LogP contribution is 2.09. The maximum atomic E-state index is 10.4. The van der Waals surface area contributed by atoms with E-state index in [2.05, 4.69) is 10.4 Å². The molecule has 0 saturated carbocycles. The number of aryl methyl sites for hydroxylation is 1. The van der Waals surface area contributed by atoms with Crippen molar-refractivity contribution in [2.45, 2.75) is 0 Å². The molecule has 0 bridgehead atoms. The first-order chi connectivity index (χ1) is 5.63. The second-order valence-corrected chi connectivity index (χ2v) is 2.17. The summed E-state index contributed by atoms with van der Waals surface area (Å²) in [5.41, 5.74) is 5.14. The van der Waals surface area contributed by atoms with Crippen LogP contribution >= 0.6 is 0 Å². The van der Waals surface area contributed by atoms with Crippen LogP contribution in [-0.2, 0) is 7.05 Å². The summed E-state index contributed by atoms with van der Waals surface area (Å²) in [5, 5.41) is 14.6. The molecule has 1 aromatic heterocycles. The summed E-state index contributed by atoms with van der Waals surface area (Å²) >= 11 is 0. The lowest BCUT2D eigenvalue weighted by atomic mass is 10.4. The number of nitrogens with one attached hydrogen (secondary N) is 1. The standard InChI is InChI=1S/C6H7N5O/c1-11-3-4(2-7)5(10-11)9-6(8)12/h3H,1H3,(H3,8,9,10,12). The highest BCUT2D eigenvalue weighted by Gasteiger charge is 2.07. The highest BCUT2D eigenvalue weighted by molar-refractivity contribution is 5.87. The number of nitrogens with zero attached hydrogens (tertiary/aromatic N) is 3. The van der Waals surface area contributed by atoms with Crippen LogP contribution in [0.25, 0.3) is 0 Å². The van der Waals surface area contributed by atoms with Crippen LogP contribution < -0.4 is 11.1 Å². The molecule has 1 rings (SSSR count). The Labute approximate surface area is 68.6 Å². The molecule has 2 amide bonds. The molecule has 0 radical (unpaired) electrons. The summed E-state index contributed by atoms with van der Waals surface area (Å²) in [6.45, 7) is 0. The number of aromatic nitrogens is 2. The molecule has 0 aliphatic heterocycles. The maximum absolute atomic E-state index is 10.4. The van der Waals surface area contributed by atoms with E-state index in [0.29, 0.717) is 0 Å². The molecule has 0 aliphatic carbocycles. The molecule has 0 aliphatic rings. The Morgan fingerprint density at radius 1 is 1.92 bits per heavy atom. The predicted octanol–water partition coefficient (Wildman–Crippen LogP) is -0.218. The van der Waals surface area contributed by atoms with Gasteiger partial charge in [0.25, 0.3) is 0 Å². The van der Waals surface area contributed by atoms with Gasteiger partial charge in [0.1, 0.15) is 11.6 Å². The average molecular weight is 165 g/mol. The van der Waals surface area contributed by atoms with Crippen LogP contribution in [0.1, 0.15) is 5.56 Å². The number of amides is 2. The Morgan fingerprint density at radius 3 is 3.08 bits per heavy atom. The van der Waals surface area contributed by atoms with Crippen molar-refractivity contribution in [1.29, 1.82) is 5.26 Å². The molecule has 0 aromatic carbocycles. The van der Waals surface area contributed by atoms with Gasteiger partial charge in [-0.2, -0.15) is 10.4 Å². The number of urea groups is 1. The first kappa shape index (κ1) is 8.07. The number of nitriles is 1. The van der Waals surface area contributed by atoms with E-state index in [-0.39, 0.29) is 11.4 Å². The minimum Gasteiger partial charge on any atom is -0.351 e. The third-order valence-corrected chi connectivity index (χ3v) is 1.19. The van der Waals surface area contributed by atoms with Gasteiger partial charge >= 0.3 is 6.03 Å². The minimum atomic E-state index is -0.731. The van der Waals surface area contributed by atoms with Gasteiger partial charge in [0.05, 0.1) is 0 Å². The van der Waals surface area contributed by atoms with Gasteiger partial charge < -0.3 is 5.73 Å². The number of carbonyl (C=O) groups is 1. The number of hydrogen-bond acceptors (Lipinski definition) is 3. The average Bonchev–Trinajstić information content (AvgIpc) is 2.29. The third kappa shape index (κ3) is 1.52. The zero-order valence-electron chi connectivity index (χ0n) is 6.40. The fourth-order valence-corrected chi connectivity index (χ4v) is 0.779. The van der Waals surface area contributed by atoms with Crippen LogP contribution in [0.4, 0.5) is 10.6 Å². The zero-order chi connectivity index (χ0) is 9.14. The first-order valence-electron chi connectivity index (χ1n) is 3.13. The summed E-state index contributed by atoms with van der Waals surface area (Å²) in [6, 6.07) is 1.14. The van der Waals surface area contributed by atoms with E-state index in [4.69, 9.17) is 11.0 Å². The van der Waals surface area contributed by atoms with E-state index in [9.17, 15) is 4.79 Å². The van der Waals surface area contributed by atoms with Crippen molar-refractivity contribution in [3.8, 4) is 6.07 Å². The molecule has 0 atom stereocenters. The maximum Gasteiger partial charge on any atom is 0.317 e. The van der Waals surface area contributed by atoms with E-state index < -0.39 is 6.03 Å². The van der Waals surface area contributed by atoms with Crippen LogP contribution in [0.5, 0.6) is 0 Å². The topological polar surface area (TPSA) is 96.7 Å². The summed E-state index contributed by atoms with van der Waals surface area (Å²) in [4.78, 5) is 10.4. The molecule has 0 unspecified atom stereocenters. The second kappa shape index (κ2) is 2.92. The van der Waals surface area contributed by atoms with Gasteiger partial charge in [-0.15, -0.1) is 0 Å². The fraction of sp³-hybridized carbons (Fsp3) is 0.167. The molecule has 62 valence electrons. The molecular weight excluding hydrogens is 158 g/mol. The lowest BCUT2D eigenvalue weighted by Gasteiger charge is -1.94. The lowest BCUT2D eigenvalue weighted by molar-refractivity contribution is 0.259. The van der Waals surface area contributed by atoms with Gasteiger partial charge in [0.15, 0.2) is 5.82 Å². The Bertz CT molecular complexity index is 347. The largest absolute Gasteiger partial charge is 0.351 e. The van der Waals surface area contributed by atoms with Gasteiger partial charge in [0.2, 0.25) is 0 Å². The van der Waals surface area contributed by atoms with E-state index in [1.54, 1.807) is 7.05 Å².